The highest BCUT2D eigenvalue weighted by Gasteiger charge is 2.04. The van der Waals surface area contributed by atoms with Gasteiger partial charge in [0.1, 0.15) is 0 Å². The Balaban J connectivity index is 2.20. The van der Waals surface area contributed by atoms with E-state index in [4.69, 9.17) is 9.47 Å². The van der Waals surface area contributed by atoms with Crippen molar-refractivity contribution in [1.82, 2.24) is 4.98 Å². The van der Waals surface area contributed by atoms with Crippen LogP contribution < -0.4 is 0 Å². The molecule has 1 aromatic heterocycles. The Morgan fingerprint density at radius 2 is 2.13 bits per heavy atom. The predicted octanol–water partition coefficient (Wildman–Crippen LogP) is 2.47. The van der Waals surface area contributed by atoms with Crippen LogP contribution in [0.25, 0.3) is 0 Å². The fourth-order valence-corrected chi connectivity index (χ4v) is 2.01. The van der Waals surface area contributed by atoms with Crippen LogP contribution in [0.15, 0.2) is 6.20 Å². The summed E-state index contributed by atoms with van der Waals surface area (Å²) in [6, 6.07) is 0. The highest BCUT2D eigenvalue weighted by Crippen LogP contribution is 2.21. The van der Waals surface area contributed by atoms with E-state index in [0.29, 0.717) is 19.1 Å². The van der Waals surface area contributed by atoms with Gasteiger partial charge in [-0.1, -0.05) is 13.8 Å². The van der Waals surface area contributed by atoms with Crippen molar-refractivity contribution in [1.29, 1.82) is 0 Å². The van der Waals surface area contributed by atoms with Gasteiger partial charge in [0, 0.05) is 24.6 Å². The summed E-state index contributed by atoms with van der Waals surface area (Å²) in [6.45, 7) is 6.43. The molecule has 0 aliphatic heterocycles. The molecule has 0 aromatic carbocycles. The lowest BCUT2D eigenvalue weighted by Crippen LogP contribution is -2.04. The Morgan fingerprint density at radius 1 is 1.33 bits per heavy atom. The van der Waals surface area contributed by atoms with Gasteiger partial charge in [0.2, 0.25) is 0 Å². The zero-order valence-corrected chi connectivity index (χ0v) is 10.5. The van der Waals surface area contributed by atoms with Crippen molar-refractivity contribution in [3.05, 3.63) is 16.1 Å². The maximum Gasteiger partial charge on any atom is 0.0950 e. The lowest BCUT2D eigenvalue weighted by molar-refractivity contribution is 0.0722. The summed E-state index contributed by atoms with van der Waals surface area (Å²) in [5.74, 6) is 0.575. The lowest BCUT2D eigenvalue weighted by Gasteiger charge is -2.01. The molecule has 1 aromatic rings. The van der Waals surface area contributed by atoms with E-state index in [9.17, 15) is 0 Å². The lowest BCUT2D eigenvalue weighted by atomic mass is 10.2. The van der Waals surface area contributed by atoms with E-state index in [2.05, 4.69) is 18.8 Å². The van der Waals surface area contributed by atoms with Gasteiger partial charge in [-0.25, -0.2) is 4.98 Å². The normalized spacial score (nSPS) is 11.2. The van der Waals surface area contributed by atoms with Crippen molar-refractivity contribution in [2.45, 2.75) is 26.2 Å². The summed E-state index contributed by atoms with van der Waals surface area (Å²) >= 11 is 1.78. The molecule has 4 heteroatoms. The third kappa shape index (κ3) is 4.73. The Morgan fingerprint density at radius 3 is 2.73 bits per heavy atom. The summed E-state index contributed by atoms with van der Waals surface area (Å²) in [5.41, 5.74) is 0. The van der Waals surface area contributed by atoms with Crippen molar-refractivity contribution in [2.75, 3.05) is 26.9 Å². The van der Waals surface area contributed by atoms with Gasteiger partial charge in [-0.15, -0.1) is 11.3 Å². The molecule has 0 spiro atoms. The van der Waals surface area contributed by atoms with Gasteiger partial charge < -0.3 is 9.47 Å². The number of methoxy groups -OCH3 is 1. The second-order valence-electron chi connectivity index (χ2n) is 3.67. The first-order valence-corrected chi connectivity index (χ1v) is 6.07. The molecular formula is C11H19NO2S. The number of aromatic nitrogens is 1. The number of hydrogen-bond donors (Lipinski definition) is 0. The molecule has 0 amide bonds. The summed E-state index contributed by atoms with van der Waals surface area (Å²) in [6.07, 6.45) is 2.88. The molecule has 0 bridgehead atoms. The van der Waals surface area contributed by atoms with Gasteiger partial charge in [-0.3, -0.25) is 0 Å². The fraction of sp³-hybridized carbons (Fsp3) is 0.727. The van der Waals surface area contributed by atoms with Gasteiger partial charge >= 0.3 is 0 Å². The van der Waals surface area contributed by atoms with E-state index in [-0.39, 0.29) is 0 Å². The minimum absolute atomic E-state index is 0.575. The zero-order chi connectivity index (χ0) is 11.1. The standard InChI is InChI=1S/C11H19NO2S/c1-9(2)10-8-12-11(15-10)4-5-14-7-6-13-3/h8-9H,4-7H2,1-3H3. The number of rotatable bonds is 7. The first-order chi connectivity index (χ1) is 7.24. The van der Waals surface area contributed by atoms with Crippen LogP contribution in [0.1, 0.15) is 29.7 Å². The SMILES string of the molecule is COCCOCCc1ncc(C(C)C)s1. The molecule has 0 saturated heterocycles. The van der Waals surface area contributed by atoms with Crippen LogP contribution in [0.5, 0.6) is 0 Å². The third-order valence-corrected chi connectivity index (χ3v) is 3.39. The second kappa shape index (κ2) is 6.93. The molecule has 0 fully saturated rings. The molecule has 86 valence electrons. The smallest absolute Gasteiger partial charge is 0.0950 e. The summed E-state index contributed by atoms with van der Waals surface area (Å²) in [4.78, 5) is 5.71. The van der Waals surface area contributed by atoms with Gasteiger partial charge in [0.05, 0.1) is 24.8 Å². The molecule has 3 nitrogen and oxygen atoms in total. The van der Waals surface area contributed by atoms with Crippen molar-refractivity contribution in [3.63, 3.8) is 0 Å². The zero-order valence-electron chi connectivity index (χ0n) is 9.66. The van der Waals surface area contributed by atoms with Gasteiger partial charge in [0.15, 0.2) is 0 Å². The Hall–Kier alpha value is -0.450. The number of nitrogens with zero attached hydrogens (tertiary/aromatic N) is 1. The monoisotopic (exact) mass is 229 g/mol. The van der Waals surface area contributed by atoms with Crippen LogP contribution in [0.2, 0.25) is 0 Å². The minimum Gasteiger partial charge on any atom is -0.382 e. The molecule has 0 radical (unpaired) electrons. The van der Waals surface area contributed by atoms with Crippen molar-refractivity contribution in [2.24, 2.45) is 0 Å². The highest BCUT2D eigenvalue weighted by molar-refractivity contribution is 7.11. The van der Waals surface area contributed by atoms with Crippen LogP contribution in [0, 0.1) is 0 Å². The van der Waals surface area contributed by atoms with Gasteiger partial charge in [-0.05, 0) is 5.92 Å². The maximum atomic E-state index is 5.39. The molecule has 0 N–H and O–H groups in total. The Labute approximate surface area is 95.4 Å². The highest BCUT2D eigenvalue weighted by atomic mass is 32.1. The summed E-state index contributed by atoms with van der Waals surface area (Å²) in [5, 5.41) is 1.16. The van der Waals surface area contributed by atoms with Crippen LogP contribution in [0.4, 0.5) is 0 Å². The topological polar surface area (TPSA) is 31.4 Å². The van der Waals surface area contributed by atoms with E-state index < -0.39 is 0 Å². The second-order valence-corrected chi connectivity index (χ2v) is 4.81. The van der Waals surface area contributed by atoms with E-state index in [1.165, 1.54) is 4.88 Å². The average Bonchev–Trinajstić information content (AvgIpc) is 2.66. The van der Waals surface area contributed by atoms with Crippen molar-refractivity contribution in [3.8, 4) is 0 Å². The van der Waals surface area contributed by atoms with Gasteiger partial charge in [0.25, 0.3) is 0 Å². The van der Waals surface area contributed by atoms with E-state index in [1.807, 2.05) is 6.20 Å². The third-order valence-electron chi connectivity index (χ3n) is 2.03. The molecule has 15 heavy (non-hydrogen) atoms. The Bertz CT molecular complexity index is 273. The number of thiazole rings is 1. The van der Waals surface area contributed by atoms with E-state index in [0.717, 1.165) is 18.0 Å². The number of ether oxygens (including phenoxy) is 2. The quantitative estimate of drug-likeness (QED) is 0.673. The van der Waals surface area contributed by atoms with Crippen molar-refractivity contribution >= 4 is 11.3 Å². The fourth-order valence-electron chi connectivity index (χ4n) is 1.11. The minimum atomic E-state index is 0.575. The molecule has 0 aliphatic carbocycles. The molecule has 1 heterocycles. The van der Waals surface area contributed by atoms with Gasteiger partial charge in [-0.2, -0.15) is 0 Å². The van der Waals surface area contributed by atoms with Crippen molar-refractivity contribution < 1.29 is 9.47 Å². The van der Waals surface area contributed by atoms with E-state index >= 15 is 0 Å². The van der Waals surface area contributed by atoms with Crippen LogP contribution in [-0.4, -0.2) is 31.9 Å². The molecule has 0 atom stereocenters. The molecular weight excluding hydrogens is 210 g/mol. The average molecular weight is 229 g/mol. The number of hydrogen-bond acceptors (Lipinski definition) is 4. The van der Waals surface area contributed by atoms with Crippen LogP contribution in [0.3, 0.4) is 0 Å². The Kier molecular flexibility index (Phi) is 5.83. The first-order valence-electron chi connectivity index (χ1n) is 5.25. The van der Waals surface area contributed by atoms with Crippen LogP contribution in [-0.2, 0) is 15.9 Å². The van der Waals surface area contributed by atoms with Crippen LogP contribution >= 0.6 is 11.3 Å². The maximum absolute atomic E-state index is 5.39. The molecule has 0 saturated carbocycles. The summed E-state index contributed by atoms with van der Waals surface area (Å²) in [7, 11) is 1.68. The molecule has 0 unspecified atom stereocenters. The summed E-state index contributed by atoms with van der Waals surface area (Å²) < 4.78 is 10.3. The largest absolute Gasteiger partial charge is 0.382 e. The first kappa shape index (κ1) is 12.6. The van der Waals surface area contributed by atoms with E-state index in [1.54, 1.807) is 18.4 Å². The predicted molar refractivity (Wildman–Crippen MR) is 62.6 cm³/mol. The molecule has 0 aliphatic rings. The molecule has 1 rings (SSSR count).